The predicted octanol–water partition coefficient (Wildman–Crippen LogP) is 3.85. The van der Waals surface area contributed by atoms with Gasteiger partial charge in [0, 0.05) is 5.69 Å². The smallest absolute Gasteiger partial charge is 0.336 e. The Labute approximate surface area is 128 Å². The largest absolute Gasteiger partial charge is 0.478 e. The van der Waals surface area contributed by atoms with Crippen LogP contribution in [-0.2, 0) is 0 Å². The lowest BCUT2D eigenvalue weighted by atomic mass is 10.1. The molecule has 2 aromatic carbocycles. The minimum Gasteiger partial charge on any atom is -0.478 e. The van der Waals surface area contributed by atoms with E-state index in [-0.39, 0.29) is 15.6 Å². The third-order valence-corrected chi connectivity index (χ3v) is 3.73. The molecule has 108 valence electrons. The fraction of sp³-hybridized carbons (Fsp3) is 0.0667. The van der Waals surface area contributed by atoms with Gasteiger partial charge < -0.3 is 10.4 Å². The lowest BCUT2D eigenvalue weighted by Crippen LogP contribution is -2.14. The third-order valence-electron chi connectivity index (χ3n) is 2.92. The maximum absolute atomic E-state index is 13.4. The van der Waals surface area contributed by atoms with Crippen molar-refractivity contribution in [2.45, 2.75) is 6.92 Å². The molecule has 0 aliphatic heterocycles. The predicted molar refractivity (Wildman–Crippen MR) is 80.2 cm³/mol. The molecule has 2 rings (SSSR count). The van der Waals surface area contributed by atoms with Crippen LogP contribution < -0.4 is 5.32 Å². The topological polar surface area (TPSA) is 66.4 Å². The molecule has 0 spiro atoms. The SMILES string of the molecule is Cc1ccc(NC(=O)c2cccc(F)c2Br)cc1C(=O)O. The summed E-state index contributed by atoms with van der Waals surface area (Å²) in [6, 6.07) is 8.67. The van der Waals surface area contributed by atoms with Crippen molar-refractivity contribution in [1.29, 1.82) is 0 Å². The van der Waals surface area contributed by atoms with Gasteiger partial charge in [0.05, 0.1) is 15.6 Å². The molecule has 0 atom stereocenters. The Morgan fingerprint density at radius 3 is 2.57 bits per heavy atom. The van der Waals surface area contributed by atoms with Gasteiger partial charge in [-0.25, -0.2) is 9.18 Å². The van der Waals surface area contributed by atoms with Gasteiger partial charge in [0.25, 0.3) is 5.91 Å². The molecule has 1 amide bonds. The van der Waals surface area contributed by atoms with Gasteiger partial charge in [-0.15, -0.1) is 0 Å². The van der Waals surface area contributed by atoms with Crippen LogP contribution in [0.15, 0.2) is 40.9 Å². The number of rotatable bonds is 3. The number of amides is 1. The van der Waals surface area contributed by atoms with E-state index in [0.717, 1.165) is 0 Å². The van der Waals surface area contributed by atoms with Gasteiger partial charge in [-0.1, -0.05) is 12.1 Å². The molecule has 0 unspecified atom stereocenters. The first-order chi connectivity index (χ1) is 9.90. The molecule has 0 saturated heterocycles. The molecule has 0 heterocycles. The van der Waals surface area contributed by atoms with Crippen molar-refractivity contribution in [2.24, 2.45) is 0 Å². The van der Waals surface area contributed by atoms with E-state index in [1.807, 2.05) is 0 Å². The highest BCUT2D eigenvalue weighted by Crippen LogP contribution is 2.22. The highest BCUT2D eigenvalue weighted by molar-refractivity contribution is 9.10. The maximum atomic E-state index is 13.4. The van der Waals surface area contributed by atoms with Crippen LogP contribution in [0.3, 0.4) is 0 Å². The van der Waals surface area contributed by atoms with Crippen molar-refractivity contribution in [3.63, 3.8) is 0 Å². The van der Waals surface area contributed by atoms with E-state index in [4.69, 9.17) is 5.11 Å². The number of carboxylic acids is 1. The second-order valence-electron chi connectivity index (χ2n) is 4.39. The molecule has 0 radical (unpaired) electrons. The molecule has 21 heavy (non-hydrogen) atoms. The Balaban J connectivity index is 2.30. The fourth-order valence-corrected chi connectivity index (χ4v) is 2.25. The normalized spacial score (nSPS) is 10.2. The van der Waals surface area contributed by atoms with Crippen molar-refractivity contribution in [3.8, 4) is 0 Å². The van der Waals surface area contributed by atoms with Gasteiger partial charge in [-0.2, -0.15) is 0 Å². The van der Waals surface area contributed by atoms with Crippen molar-refractivity contribution >= 4 is 33.5 Å². The number of aryl methyl sites for hydroxylation is 1. The zero-order valence-electron chi connectivity index (χ0n) is 11.0. The molecule has 0 saturated carbocycles. The molecule has 4 nitrogen and oxygen atoms in total. The van der Waals surface area contributed by atoms with Crippen molar-refractivity contribution in [1.82, 2.24) is 0 Å². The lowest BCUT2D eigenvalue weighted by molar-refractivity contribution is 0.0695. The summed E-state index contributed by atoms with van der Waals surface area (Å²) in [5, 5.41) is 11.6. The van der Waals surface area contributed by atoms with Crippen LogP contribution >= 0.6 is 15.9 Å². The molecule has 2 N–H and O–H groups in total. The summed E-state index contributed by atoms with van der Waals surface area (Å²) in [5.74, 6) is -2.14. The fourth-order valence-electron chi connectivity index (χ4n) is 1.81. The summed E-state index contributed by atoms with van der Waals surface area (Å²) in [5.41, 5.74) is 1.16. The highest BCUT2D eigenvalue weighted by Gasteiger charge is 2.14. The molecular formula is C15H11BrFNO3. The Morgan fingerprint density at radius 2 is 1.90 bits per heavy atom. The number of aromatic carboxylic acids is 1. The second-order valence-corrected chi connectivity index (χ2v) is 5.18. The van der Waals surface area contributed by atoms with Crippen molar-refractivity contribution in [2.75, 3.05) is 5.32 Å². The molecule has 0 aliphatic carbocycles. The molecule has 2 aromatic rings. The minimum absolute atomic E-state index is 0.0630. The average molecular weight is 352 g/mol. The summed E-state index contributed by atoms with van der Waals surface area (Å²) >= 11 is 3.01. The van der Waals surface area contributed by atoms with Gasteiger partial charge in [0.15, 0.2) is 0 Å². The van der Waals surface area contributed by atoms with E-state index in [1.165, 1.54) is 24.3 Å². The average Bonchev–Trinajstić information content (AvgIpc) is 2.43. The number of nitrogens with one attached hydrogen (secondary N) is 1. The Hall–Kier alpha value is -2.21. The number of benzene rings is 2. The number of anilines is 1. The monoisotopic (exact) mass is 351 g/mol. The summed E-state index contributed by atoms with van der Waals surface area (Å²) in [4.78, 5) is 23.2. The van der Waals surface area contributed by atoms with Crippen LogP contribution in [0, 0.1) is 12.7 Å². The van der Waals surface area contributed by atoms with Crippen molar-refractivity contribution < 1.29 is 19.1 Å². The summed E-state index contributed by atoms with van der Waals surface area (Å²) < 4.78 is 13.5. The van der Waals surface area contributed by atoms with Crippen LogP contribution in [0.1, 0.15) is 26.3 Å². The number of halogens is 2. The zero-order chi connectivity index (χ0) is 15.6. The van der Waals surface area contributed by atoms with Gasteiger partial charge >= 0.3 is 5.97 Å². The molecule has 0 aromatic heterocycles. The number of carbonyl (C=O) groups excluding carboxylic acids is 1. The summed E-state index contributed by atoms with van der Waals surface area (Å²) in [6.45, 7) is 1.66. The molecule has 0 fully saturated rings. The maximum Gasteiger partial charge on any atom is 0.336 e. The van der Waals surface area contributed by atoms with Crippen molar-refractivity contribution in [3.05, 3.63) is 63.4 Å². The number of carboxylic acid groups (broad SMARTS) is 1. The van der Waals surface area contributed by atoms with E-state index >= 15 is 0 Å². The zero-order valence-corrected chi connectivity index (χ0v) is 12.6. The van der Waals surface area contributed by atoms with Crippen LogP contribution in [0.25, 0.3) is 0 Å². The van der Waals surface area contributed by atoms with E-state index in [1.54, 1.807) is 19.1 Å². The minimum atomic E-state index is -1.07. The van der Waals surface area contributed by atoms with E-state index < -0.39 is 17.7 Å². The van der Waals surface area contributed by atoms with E-state index in [0.29, 0.717) is 11.3 Å². The molecule has 0 bridgehead atoms. The standard InChI is InChI=1S/C15H11BrFNO3/c1-8-5-6-9(7-11(8)15(20)21)18-14(19)10-3-2-4-12(17)13(10)16/h2-7H,1H3,(H,18,19)(H,20,21). The second kappa shape index (κ2) is 6.05. The lowest BCUT2D eigenvalue weighted by Gasteiger charge is -2.09. The van der Waals surface area contributed by atoms with Gasteiger partial charge in [-0.05, 0) is 52.7 Å². The van der Waals surface area contributed by atoms with Gasteiger partial charge in [0.2, 0.25) is 0 Å². The Kier molecular flexibility index (Phi) is 4.37. The van der Waals surface area contributed by atoms with Crippen LogP contribution in [0.2, 0.25) is 0 Å². The first-order valence-electron chi connectivity index (χ1n) is 5.99. The van der Waals surface area contributed by atoms with Gasteiger partial charge in [-0.3, -0.25) is 4.79 Å². The first-order valence-corrected chi connectivity index (χ1v) is 6.78. The van der Waals surface area contributed by atoms with Crippen LogP contribution in [0.5, 0.6) is 0 Å². The summed E-state index contributed by atoms with van der Waals surface area (Å²) in [6.07, 6.45) is 0. The summed E-state index contributed by atoms with van der Waals surface area (Å²) in [7, 11) is 0. The van der Waals surface area contributed by atoms with Crippen LogP contribution in [0.4, 0.5) is 10.1 Å². The number of carbonyl (C=O) groups is 2. The quantitative estimate of drug-likeness (QED) is 0.882. The Bertz CT molecular complexity index is 731. The third kappa shape index (κ3) is 3.28. The van der Waals surface area contributed by atoms with E-state index in [9.17, 15) is 14.0 Å². The first kappa shape index (κ1) is 15.2. The Morgan fingerprint density at radius 1 is 1.19 bits per heavy atom. The van der Waals surface area contributed by atoms with E-state index in [2.05, 4.69) is 21.2 Å². The van der Waals surface area contributed by atoms with Crippen LogP contribution in [-0.4, -0.2) is 17.0 Å². The molecule has 6 heteroatoms. The highest BCUT2D eigenvalue weighted by atomic mass is 79.9. The van der Waals surface area contributed by atoms with Gasteiger partial charge in [0.1, 0.15) is 5.82 Å². The molecular weight excluding hydrogens is 341 g/mol. The number of hydrogen-bond acceptors (Lipinski definition) is 2. The number of hydrogen-bond donors (Lipinski definition) is 2. The molecule has 0 aliphatic rings.